The van der Waals surface area contributed by atoms with Crippen molar-refractivity contribution in [2.45, 2.75) is 40.5 Å². The molecule has 0 bridgehead atoms. The van der Waals surface area contributed by atoms with Gasteiger partial charge in [0.25, 0.3) is 0 Å². The van der Waals surface area contributed by atoms with E-state index in [1.54, 1.807) is 0 Å². The fourth-order valence-electron chi connectivity index (χ4n) is 1.92. The van der Waals surface area contributed by atoms with E-state index in [4.69, 9.17) is 0 Å². The molecule has 0 amide bonds. The molecule has 5 heteroatoms. The first-order valence-electron chi connectivity index (χ1n) is 6.91. The average Bonchev–Trinajstić information content (AvgIpc) is 2.27. The Kier molecular flexibility index (Phi) is 5.62. The van der Waals surface area contributed by atoms with Crippen molar-refractivity contribution in [2.75, 3.05) is 25.4 Å². The molecule has 1 aliphatic heterocycles. The van der Waals surface area contributed by atoms with Crippen LogP contribution in [0.3, 0.4) is 0 Å². The van der Waals surface area contributed by atoms with Crippen LogP contribution in [-0.4, -0.2) is 33.8 Å². The predicted molar refractivity (Wildman–Crippen MR) is 76.0 cm³/mol. The van der Waals surface area contributed by atoms with Gasteiger partial charge in [-0.1, -0.05) is 27.7 Å². The molecular formula is C13H28N2O2S. The van der Waals surface area contributed by atoms with Crippen molar-refractivity contribution in [1.29, 1.82) is 0 Å². The lowest BCUT2D eigenvalue weighted by molar-refractivity contribution is 0.252. The molecule has 0 atom stereocenters. The van der Waals surface area contributed by atoms with Gasteiger partial charge in [-0.2, -0.15) is 0 Å². The largest absolute Gasteiger partial charge is 0.317 e. The quantitative estimate of drug-likeness (QED) is 0.774. The third-order valence-corrected chi connectivity index (χ3v) is 5.72. The number of piperidine rings is 1. The number of sulfonamides is 1. The summed E-state index contributed by atoms with van der Waals surface area (Å²) in [7, 11) is -3.13. The molecule has 0 spiro atoms. The van der Waals surface area contributed by atoms with Gasteiger partial charge < -0.3 is 5.32 Å². The van der Waals surface area contributed by atoms with Gasteiger partial charge in [0.05, 0.1) is 5.75 Å². The predicted octanol–water partition coefficient (Wildman–Crippen LogP) is 1.59. The van der Waals surface area contributed by atoms with Crippen molar-refractivity contribution in [3.63, 3.8) is 0 Å². The molecule has 0 unspecified atom stereocenters. The maximum absolute atomic E-state index is 12.0. The summed E-state index contributed by atoms with van der Waals surface area (Å²) >= 11 is 0. The first-order valence-corrected chi connectivity index (χ1v) is 8.56. The van der Waals surface area contributed by atoms with Crippen LogP contribution >= 0.6 is 0 Å². The molecule has 1 fully saturated rings. The van der Waals surface area contributed by atoms with E-state index in [-0.39, 0.29) is 11.2 Å². The summed E-state index contributed by atoms with van der Waals surface area (Å²) in [5.74, 6) is 1.05. The van der Waals surface area contributed by atoms with E-state index in [1.165, 1.54) is 0 Å². The molecule has 0 saturated carbocycles. The van der Waals surface area contributed by atoms with Crippen molar-refractivity contribution in [3.05, 3.63) is 0 Å². The van der Waals surface area contributed by atoms with E-state index in [0.717, 1.165) is 25.9 Å². The van der Waals surface area contributed by atoms with E-state index in [9.17, 15) is 8.42 Å². The van der Waals surface area contributed by atoms with Crippen molar-refractivity contribution >= 4 is 10.0 Å². The molecule has 0 radical (unpaired) electrons. The number of nitrogens with one attached hydrogen (secondary N) is 2. The molecule has 0 aliphatic carbocycles. The van der Waals surface area contributed by atoms with Crippen LogP contribution in [0.4, 0.5) is 0 Å². The Hall–Kier alpha value is -0.130. The molecule has 0 aromatic heterocycles. The Bertz CT molecular complexity index is 344. The molecule has 4 nitrogen and oxygen atoms in total. The Morgan fingerprint density at radius 1 is 1.28 bits per heavy atom. The minimum Gasteiger partial charge on any atom is -0.317 e. The Balaban J connectivity index is 2.44. The second-order valence-electron chi connectivity index (χ2n) is 6.44. The standard InChI is InChI=1S/C13H28N2O2S/c1-11(2)13(3,4)10-15-18(16,17)9-12-5-7-14-8-6-12/h11-12,14-15H,5-10H2,1-4H3. The summed E-state index contributed by atoms with van der Waals surface area (Å²) in [6, 6.07) is 0. The number of hydrogen-bond donors (Lipinski definition) is 2. The van der Waals surface area contributed by atoms with E-state index in [2.05, 4.69) is 37.7 Å². The molecule has 1 heterocycles. The smallest absolute Gasteiger partial charge is 0.211 e. The van der Waals surface area contributed by atoms with Crippen molar-refractivity contribution in [2.24, 2.45) is 17.3 Å². The normalized spacial score (nSPS) is 19.4. The highest BCUT2D eigenvalue weighted by Gasteiger charge is 2.26. The molecule has 108 valence electrons. The van der Waals surface area contributed by atoms with Gasteiger partial charge in [0.2, 0.25) is 10.0 Å². The molecule has 1 aliphatic rings. The third-order valence-electron chi connectivity index (χ3n) is 4.22. The van der Waals surface area contributed by atoms with Crippen LogP contribution in [0.25, 0.3) is 0 Å². The Morgan fingerprint density at radius 3 is 2.33 bits per heavy atom. The van der Waals surface area contributed by atoms with Gasteiger partial charge in [-0.3, -0.25) is 0 Å². The first-order chi connectivity index (χ1) is 8.23. The van der Waals surface area contributed by atoms with E-state index >= 15 is 0 Å². The molecule has 1 rings (SSSR count). The van der Waals surface area contributed by atoms with Gasteiger partial charge in [0, 0.05) is 6.54 Å². The maximum atomic E-state index is 12.0. The number of hydrogen-bond acceptors (Lipinski definition) is 3. The Morgan fingerprint density at radius 2 is 1.83 bits per heavy atom. The number of rotatable bonds is 6. The molecule has 18 heavy (non-hydrogen) atoms. The average molecular weight is 276 g/mol. The van der Waals surface area contributed by atoms with Gasteiger partial charge >= 0.3 is 0 Å². The highest BCUT2D eigenvalue weighted by molar-refractivity contribution is 7.89. The highest BCUT2D eigenvalue weighted by atomic mass is 32.2. The van der Waals surface area contributed by atoms with Crippen molar-refractivity contribution in [1.82, 2.24) is 10.0 Å². The van der Waals surface area contributed by atoms with E-state index in [1.807, 2.05) is 0 Å². The lowest BCUT2D eigenvalue weighted by Gasteiger charge is -2.30. The molecule has 0 aromatic rings. The molecule has 2 N–H and O–H groups in total. The second-order valence-corrected chi connectivity index (χ2v) is 8.29. The summed E-state index contributed by atoms with van der Waals surface area (Å²) < 4.78 is 26.9. The fraction of sp³-hybridized carbons (Fsp3) is 1.00. The van der Waals surface area contributed by atoms with Gasteiger partial charge in [0.1, 0.15) is 0 Å². The zero-order valence-electron chi connectivity index (χ0n) is 12.1. The molecular weight excluding hydrogens is 248 g/mol. The second kappa shape index (κ2) is 6.35. The van der Waals surface area contributed by atoms with E-state index in [0.29, 0.717) is 18.4 Å². The van der Waals surface area contributed by atoms with Crippen molar-refractivity contribution in [3.8, 4) is 0 Å². The van der Waals surface area contributed by atoms with Crippen LogP contribution in [0.1, 0.15) is 40.5 Å². The molecule has 1 saturated heterocycles. The van der Waals surface area contributed by atoms with Crippen LogP contribution in [0.15, 0.2) is 0 Å². The SMILES string of the molecule is CC(C)C(C)(C)CNS(=O)(=O)CC1CCNCC1. The Labute approximate surface area is 112 Å². The van der Waals surface area contributed by atoms with Crippen LogP contribution < -0.4 is 10.0 Å². The van der Waals surface area contributed by atoms with Crippen LogP contribution in [-0.2, 0) is 10.0 Å². The van der Waals surface area contributed by atoms with Crippen molar-refractivity contribution < 1.29 is 8.42 Å². The van der Waals surface area contributed by atoms with Crippen LogP contribution in [0, 0.1) is 17.3 Å². The summed E-state index contributed by atoms with van der Waals surface area (Å²) in [4.78, 5) is 0. The van der Waals surface area contributed by atoms with Crippen LogP contribution in [0.5, 0.6) is 0 Å². The fourth-order valence-corrected chi connectivity index (χ4v) is 3.58. The minimum atomic E-state index is -3.13. The summed E-state index contributed by atoms with van der Waals surface area (Å²) in [6.07, 6.45) is 1.93. The lowest BCUT2D eigenvalue weighted by Crippen LogP contribution is -2.40. The minimum absolute atomic E-state index is 0.00118. The molecule has 0 aromatic carbocycles. The first kappa shape index (κ1) is 15.9. The monoisotopic (exact) mass is 276 g/mol. The summed E-state index contributed by atoms with van der Waals surface area (Å²) in [6.45, 7) is 10.9. The maximum Gasteiger partial charge on any atom is 0.211 e. The van der Waals surface area contributed by atoms with Gasteiger partial charge in [-0.15, -0.1) is 0 Å². The van der Waals surface area contributed by atoms with Gasteiger partial charge in [-0.05, 0) is 43.2 Å². The topological polar surface area (TPSA) is 58.2 Å². The zero-order chi connectivity index (χ0) is 13.8. The van der Waals surface area contributed by atoms with Gasteiger partial charge in [0.15, 0.2) is 0 Å². The highest BCUT2D eigenvalue weighted by Crippen LogP contribution is 2.25. The van der Waals surface area contributed by atoms with Gasteiger partial charge in [-0.25, -0.2) is 13.1 Å². The lowest BCUT2D eigenvalue weighted by atomic mass is 9.81. The summed E-state index contributed by atoms with van der Waals surface area (Å²) in [5, 5.41) is 3.26. The van der Waals surface area contributed by atoms with Crippen LogP contribution in [0.2, 0.25) is 0 Å². The third kappa shape index (κ3) is 5.24. The summed E-state index contributed by atoms with van der Waals surface area (Å²) in [5.41, 5.74) is 0.00118. The van der Waals surface area contributed by atoms with E-state index < -0.39 is 10.0 Å². The zero-order valence-corrected chi connectivity index (χ0v) is 12.9.